The van der Waals surface area contributed by atoms with Gasteiger partial charge in [-0.25, -0.2) is 0 Å². The summed E-state index contributed by atoms with van der Waals surface area (Å²) in [7, 11) is 0. The number of ether oxygens (including phenoxy) is 1. The fourth-order valence-electron chi connectivity index (χ4n) is 3.69. The molecule has 1 spiro atoms. The lowest BCUT2D eigenvalue weighted by Crippen LogP contribution is -2.54. The Kier molecular flexibility index (Phi) is 1.99. The van der Waals surface area contributed by atoms with Crippen molar-refractivity contribution in [2.45, 2.75) is 26.7 Å². The van der Waals surface area contributed by atoms with Gasteiger partial charge in [0.05, 0.1) is 25.2 Å². The molecule has 5 heteroatoms. The van der Waals surface area contributed by atoms with E-state index >= 15 is 0 Å². The molecule has 0 aromatic heterocycles. The Balaban J connectivity index is 1.85. The van der Waals surface area contributed by atoms with Gasteiger partial charge in [-0.05, 0) is 11.8 Å². The van der Waals surface area contributed by atoms with Crippen LogP contribution in [0.3, 0.4) is 0 Å². The third-order valence-corrected chi connectivity index (χ3v) is 4.58. The minimum Gasteiger partial charge on any atom is -0.379 e. The molecular formula is C14H17N3O2. The monoisotopic (exact) mass is 259 g/mol. The standard InChI is InChI=1S/C14H17N3O2/c1-13(2)3-9-11(10(18)4-13)14(6-19-7-14)8-5-15-17-12(8)16-9/h16H,3-7H2,1-2H3. The van der Waals surface area contributed by atoms with Crippen LogP contribution < -0.4 is 5.32 Å². The van der Waals surface area contributed by atoms with E-state index < -0.39 is 0 Å². The number of hydrogen-bond acceptors (Lipinski definition) is 5. The van der Waals surface area contributed by atoms with Crippen molar-refractivity contribution in [2.75, 3.05) is 19.8 Å². The van der Waals surface area contributed by atoms with Gasteiger partial charge in [0.2, 0.25) is 0 Å². The van der Waals surface area contributed by atoms with Crippen molar-refractivity contribution >= 4 is 5.78 Å². The maximum Gasteiger partial charge on any atom is 0.162 e. The van der Waals surface area contributed by atoms with Crippen LogP contribution in [-0.2, 0) is 9.53 Å². The molecule has 1 saturated heterocycles. The summed E-state index contributed by atoms with van der Waals surface area (Å²) in [5, 5.41) is 11.7. The highest BCUT2D eigenvalue weighted by Crippen LogP contribution is 2.53. The van der Waals surface area contributed by atoms with Crippen molar-refractivity contribution in [2.24, 2.45) is 21.1 Å². The van der Waals surface area contributed by atoms with Crippen molar-refractivity contribution in [3.8, 4) is 0 Å². The van der Waals surface area contributed by atoms with Crippen LogP contribution in [0.15, 0.2) is 32.9 Å². The molecule has 0 saturated carbocycles. The largest absolute Gasteiger partial charge is 0.379 e. The second-order valence-electron chi connectivity index (χ2n) is 6.72. The summed E-state index contributed by atoms with van der Waals surface area (Å²) < 4.78 is 5.44. The molecule has 0 unspecified atom stereocenters. The van der Waals surface area contributed by atoms with Gasteiger partial charge in [0.1, 0.15) is 0 Å². The van der Waals surface area contributed by atoms with Crippen LogP contribution in [0.2, 0.25) is 0 Å². The van der Waals surface area contributed by atoms with Crippen molar-refractivity contribution in [1.29, 1.82) is 0 Å². The fourth-order valence-corrected chi connectivity index (χ4v) is 3.69. The third kappa shape index (κ3) is 1.36. The molecule has 4 aliphatic rings. The van der Waals surface area contributed by atoms with Gasteiger partial charge in [0.25, 0.3) is 0 Å². The molecule has 0 atom stereocenters. The molecule has 5 nitrogen and oxygen atoms in total. The summed E-state index contributed by atoms with van der Waals surface area (Å²) in [6.07, 6.45) is 1.51. The van der Waals surface area contributed by atoms with Crippen LogP contribution in [-0.4, -0.2) is 25.5 Å². The predicted octanol–water partition coefficient (Wildman–Crippen LogP) is 1.93. The quantitative estimate of drug-likeness (QED) is 0.723. The van der Waals surface area contributed by atoms with Gasteiger partial charge in [0.15, 0.2) is 11.6 Å². The first-order chi connectivity index (χ1) is 9.02. The van der Waals surface area contributed by atoms with Crippen LogP contribution in [0.4, 0.5) is 0 Å². The molecular weight excluding hydrogens is 242 g/mol. The van der Waals surface area contributed by atoms with Gasteiger partial charge < -0.3 is 10.1 Å². The number of ketones is 1. The smallest absolute Gasteiger partial charge is 0.162 e. The van der Waals surface area contributed by atoms with Crippen molar-refractivity contribution in [3.63, 3.8) is 0 Å². The zero-order valence-electron chi connectivity index (χ0n) is 11.2. The molecule has 100 valence electrons. The molecule has 1 aliphatic carbocycles. The van der Waals surface area contributed by atoms with Gasteiger partial charge in [0, 0.05) is 23.3 Å². The van der Waals surface area contributed by atoms with E-state index in [1.807, 2.05) is 0 Å². The summed E-state index contributed by atoms with van der Waals surface area (Å²) in [5.74, 6) is 1.12. The van der Waals surface area contributed by atoms with E-state index in [9.17, 15) is 4.79 Å². The number of allylic oxidation sites excluding steroid dienone is 1. The van der Waals surface area contributed by atoms with E-state index in [0.29, 0.717) is 26.2 Å². The van der Waals surface area contributed by atoms with Crippen LogP contribution in [0.25, 0.3) is 0 Å². The van der Waals surface area contributed by atoms with Crippen LogP contribution in [0.1, 0.15) is 26.7 Å². The lowest BCUT2D eigenvalue weighted by Gasteiger charge is -2.49. The lowest BCUT2D eigenvalue weighted by atomic mass is 9.62. The van der Waals surface area contributed by atoms with E-state index in [1.165, 1.54) is 0 Å². The second-order valence-corrected chi connectivity index (χ2v) is 6.72. The topological polar surface area (TPSA) is 63.0 Å². The Morgan fingerprint density at radius 2 is 2.05 bits per heavy atom. The van der Waals surface area contributed by atoms with Crippen LogP contribution in [0.5, 0.6) is 0 Å². The van der Waals surface area contributed by atoms with E-state index in [-0.39, 0.29) is 16.6 Å². The Morgan fingerprint density at radius 1 is 1.26 bits per heavy atom. The molecule has 3 heterocycles. The first-order valence-electron chi connectivity index (χ1n) is 6.75. The number of Topliss-reactive ketones (excluding diaryl/α,β-unsaturated/α-hetero) is 1. The number of rotatable bonds is 0. The Labute approximate surface area is 111 Å². The highest BCUT2D eigenvalue weighted by Gasteiger charge is 2.55. The molecule has 1 N–H and O–H groups in total. The van der Waals surface area contributed by atoms with Crippen LogP contribution in [0, 0.1) is 10.8 Å². The Bertz CT molecular complexity index is 579. The Morgan fingerprint density at radius 3 is 2.74 bits per heavy atom. The predicted molar refractivity (Wildman–Crippen MR) is 68.2 cm³/mol. The lowest BCUT2D eigenvalue weighted by molar-refractivity contribution is -0.125. The Hall–Kier alpha value is -1.49. The molecule has 4 rings (SSSR count). The van der Waals surface area contributed by atoms with Crippen molar-refractivity contribution < 1.29 is 9.53 Å². The zero-order valence-corrected chi connectivity index (χ0v) is 11.2. The van der Waals surface area contributed by atoms with E-state index in [2.05, 4.69) is 29.4 Å². The number of carbonyl (C=O) groups is 1. The first kappa shape index (κ1) is 11.3. The summed E-state index contributed by atoms with van der Waals surface area (Å²) >= 11 is 0. The first-order valence-corrected chi connectivity index (χ1v) is 6.75. The molecule has 3 aliphatic heterocycles. The molecule has 0 bridgehead atoms. The number of nitrogens with zero attached hydrogens (tertiary/aromatic N) is 2. The van der Waals surface area contributed by atoms with E-state index in [1.54, 1.807) is 0 Å². The van der Waals surface area contributed by atoms with Gasteiger partial charge in [-0.2, -0.15) is 5.11 Å². The highest BCUT2D eigenvalue weighted by molar-refractivity contribution is 6.00. The average Bonchev–Trinajstić information content (AvgIpc) is 2.69. The normalized spacial score (nSPS) is 30.1. The third-order valence-electron chi connectivity index (χ3n) is 4.58. The minimum atomic E-state index is -0.229. The average molecular weight is 259 g/mol. The summed E-state index contributed by atoms with van der Waals surface area (Å²) in [6, 6.07) is 0. The van der Waals surface area contributed by atoms with Crippen LogP contribution >= 0.6 is 0 Å². The summed E-state index contributed by atoms with van der Waals surface area (Å²) in [6.45, 7) is 6.08. The maximum atomic E-state index is 12.6. The molecule has 0 aromatic carbocycles. The molecule has 19 heavy (non-hydrogen) atoms. The molecule has 0 aromatic rings. The number of dihydropyridines is 1. The van der Waals surface area contributed by atoms with Crippen molar-refractivity contribution in [1.82, 2.24) is 5.32 Å². The molecule has 0 amide bonds. The number of nitrogens with one attached hydrogen (secondary N) is 1. The van der Waals surface area contributed by atoms with E-state index in [4.69, 9.17) is 4.74 Å². The molecule has 0 radical (unpaired) electrons. The number of azo groups is 1. The van der Waals surface area contributed by atoms with Gasteiger partial charge in [-0.1, -0.05) is 13.8 Å². The zero-order chi connectivity index (χ0) is 13.3. The second kappa shape index (κ2) is 3.33. The van der Waals surface area contributed by atoms with E-state index in [0.717, 1.165) is 29.1 Å². The molecule has 1 fully saturated rings. The summed E-state index contributed by atoms with van der Waals surface area (Å²) in [5.41, 5.74) is 2.93. The maximum absolute atomic E-state index is 12.6. The number of hydrogen-bond donors (Lipinski definition) is 1. The van der Waals surface area contributed by atoms with Gasteiger partial charge in [-0.15, -0.1) is 5.11 Å². The highest BCUT2D eigenvalue weighted by atomic mass is 16.5. The van der Waals surface area contributed by atoms with Gasteiger partial charge >= 0.3 is 0 Å². The SMILES string of the molecule is CC1(C)CC(=O)C2=C(C1)NC1=C(CN=N1)C21COC1. The van der Waals surface area contributed by atoms with Crippen molar-refractivity contribution in [3.05, 3.63) is 22.7 Å². The fraction of sp³-hybridized carbons (Fsp3) is 0.643. The minimum absolute atomic E-state index is 0.0164. The number of carbonyl (C=O) groups excluding carboxylic acids is 1. The number of fused-ring (bicyclic) bond motifs is 2. The summed E-state index contributed by atoms with van der Waals surface area (Å²) in [4.78, 5) is 12.6. The van der Waals surface area contributed by atoms with Gasteiger partial charge in [-0.3, -0.25) is 4.79 Å².